The Labute approximate surface area is 86.4 Å². The van der Waals surface area contributed by atoms with Crippen LogP contribution in [-0.2, 0) is 4.79 Å². The minimum Gasteiger partial charge on any atom is -0.368 e. The third kappa shape index (κ3) is 3.29. The molecular formula is C11H22N2O. The van der Waals surface area contributed by atoms with Crippen molar-refractivity contribution < 1.29 is 4.79 Å². The zero-order valence-corrected chi connectivity index (χ0v) is 9.25. The van der Waals surface area contributed by atoms with E-state index in [-0.39, 0.29) is 11.9 Å². The Morgan fingerprint density at radius 1 is 1.43 bits per heavy atom. The molecule has 0 aliphatic heterocycles. The molecule has 0 radical (unpaired) electrons. The summed E-state index contributed by atoms with van der Waals surface area (Å²) in [6.07, 6.45) is 4.65. The van der Waals surface area contributed by atoms with Gasteiger partial charge in [-0.2, -0.15) is 0 Å². The lowest BCUT2D eigenvalue weighted by atomic mass is 9.93. The Hall–Kier alpha value is -0.570. The first kappa shape index (κ1) is 11.5. The summed E-state index contributed by atoms with van der Waals surface area (Å²) in [5.41, 5.74) is 5.39. The molecule has 0 spiro atoms. The number of hydrogen-bond donors (Lipinski definition) is 2. The number of hydrogen-bond acceptors (Lipinski definition) is 2. The average Bonchev–Trinajstić information content (AvgIpc) is 2.95. The van der Waals surface area contributed by atoms with Crippen LogP contribution >= 0.6 is 0 Å². The molecule has 1 unspecified atom stereocenters. The minimum atomic E-state index is -0.195. The molecule has 1 aliphatic carbocycles. The molecule has 0 saturated heterocycles. The first-order chi connectivity index (χ1) is 6.69. The van der Waals surface area contributed by atoms with Gasteiger partial charge in [-0.05, 0) is 31.2 Å². The number of carbonyl (C=O) groups excluding carboxylic acids is 1. The third-order valence-electron chi connectivity index (χ3n) is 3.15. The highest BCUT2D eigenvalue weighted by Gasteiger charge is 2.27. The van der Waals surface area contributed by atoms with Crippen LogP contribution in [0.5, 0.6) is 0 Å². The van der Waals surface area contributed by atoms with E-state index in [2.05, 4.69) is 19.2 Å². The van der Waals surface area contributed by atoms with E-state index in [1.165, 1.54) is 12.8 Å². The summed E-state index contributed by atoms with van der Waals surface area (Å²) in [4.78, 5) is 11.3. The van der Waals surface area contributed by atoms with E-state index in [0.29, 0.717) is 5.92 Å². The van der Waals surface area contributed by atoms with Crippen LogP contribution in [0.1, 0.15) is 39.5 Å². The van der Waals surface area contributed by atoms with Gasteiger partial charge in [0.15, 0.2) is 0 Å². The van der Waals surface area contributed by atoms with Gasteiger partial charge in [-0.1, -0.05) is 26.7 Å². The summed E-state index contributed by atoms with van der Waals surface area (Å²) >= 11 is 0. The maximum atomic E-state index is 11.3. The van der Waals surface area contributed by atoms with Gasteiger partial charge in [-0.25, -0.2) is 0 Å². The van der Waals surface area contributed by atoms with Crippen LogP contribution in [0.3, 0.4) is 0 Å². The van der Waals surface area contributed by atoms with E-state index in [9.17, 15) is 4.79 Å². The molecule has 82 valence electrons. The molecule has 1 amide bonds. The maximum Gasteiger partial charge on any atom is 0.234 e. The van der Waals surface area contributed by atoms with Crippen LogP contribution in [-0.4, -0.2) is 18.5 Å². The fourth-order valence-corrected chi connectivity index (χ4v) is 1.88. The molecule has 0 heterocycles. The van der Waals surface area contributed by atoms with Crippen molar-refractivity contribution in [2.75, 3.05) is 6.54 Å². The van der Waals surface area contributed by atoms with E-state index in [0.717, 1.165) is 25.3 Å². The van der Waals surface area contributed by atoms with E-state index in [4.69, 9.17) is 5.73 Å². The monoisotopic (exact) mass is 198 g/mol. The van der Waals surface area contributed by atoms with Gasteiger partial charge in [0.05, 0.1) is 6.04 Å². The molecule has 1 aliphatic rings. The van der Waals surface area contributed by atoms with Crippen molar-refractivity contribution in [2.24, 2.45) is 17.6 Å². The lowest BCUT2D eigenvalue weighted by Gasteiger charge is -2.23. The molecule has 1 atom stereocenters. The standard InChI is InChI=1S/C11H22N2O/c1-3-9(4-2)10(11(12)14)13-7-8-5-6-8/h8-10,13H,3-7H2,1-2H3,(H2,12,14). The van der Waals surface area contributed by atoms with Crippen LogP contribution in [0, 0.1) is 11.8 Å². The molecule has 0 aromatic heterocycles. The van der Waals surface area contributed by atoms with Crippen LogP contribution < -0.4 is 11.1 Å². The maximum absolute atomic E-state index is 11.3. The smallest absolute Gasteiger partial charge is 0.234 e. The normalized spacial score (nSPS) is 18.5. The number of carbonyl (C=O) groups is 1. The fourth-order valence-electron chi connectivity index (χ4n) is 1.88. The molecule has 3 heteroatoms. The van der Waals surface area contributed by atoms with E-state index in [1.54, 1.807) is 0 Å². The topological polar surface area (TPSA) is 55.1 Å². The van der Waals surface area contributed by atoms with E-state index >= 15 is 0 Å². The molecule has 0 aromatic rings. The summed E-state index contributed by atoms with van der Waals surface area (Å²) in [7, 11) is 0. The highest BCUT2D eigenvalue weighted by Crippen LogP contribution is 2.28. The second-order valence-electron chi connectivity index (χ2n) is 4.31. The van der Waals surface area contributed by atoms with E-state index < -0.39 is 0 Å². The Kier molecular flexibility index (Phi) is 4.39. The Morgan fingerprint density at radius 2 is 2.00 bits per heavy atom. The lowest BCUT2D eigenvalue weighted by Crippen LogP contribution is -2.47. The highest BCUT2D eigenvalue weighted by atomic mass is 16.1. The van der Waals surface area contributed by atoms with Gasteiger partial charge in [0.25, 0.3) is 0 Å². The second kappa shape index (κ2) is 5.35. The molecule has 0 aromatic carbocycles. The van der Waals surface area contributed by atoms with Crippen molar-refractivity contribution >= 4 is 5.91 Å². The fraction of sp³-hybridized carbons (Fsp3) is 0.909. The van der Waals surface area contributed by atoms with Gasteiger partial charge in [-0.3, -0.25) is 4.79 Å². The predicted molar refractivity (Wildman–Crippen MR) is 57.8 cm³/mol. The Bertz CT molecular complexity index is 186. The van der Waals surface area contributed by atoms with Crippen molar-refractivity contribution in [1.82, 2.24) is 5.32 Å². The summed E-state index contributed by atoms with van der Waals surface area (Å²) < 4.78 is 0. The van der Waals surface area contributed by atoms with Crippen LogP contribution in [0.2, 0.25) is 0 Å². The summed E-state index contributed by atoms with van der Waals surface area (Å²) in [5.74, 6) is 0.997. The number of primary amides is 1. The Morgan fingerprint density at radius 3 is 2.36 bits per heavy atom. The second-order valence-corrected chi connectivity index (χ2v) is 4.31. The largest absolute Gasteiger partial charge is 0.368 e. The average molecular weight is 198 g/mol. The molecule has 14 heavy (non-hydrogen) atoms. The van der Waals surface area contributed by atoms with Crippen LogP contribution in [0.4, 0.5) is 0 Å². The SMILES string of the molecule is CCC(CC)C(NCC1CC1)C(N)=O. The molecule has 1 fully saturated rings. The van der Waals surface area contributed by atoms with Crippen molar-refractivity contribution in [3.8, 4) is 0 Å². The highest BCUT2D eigenvalue weighted by molar-refractivity contribution is 5.80. The first-order valence-electron chi connectivity index (χ1n) is 5.71. The van der Waals surface area contributed by atoms with Gasteiger partial charge >= 0.3 is 0 Å². The van der Waals surface area contributed by atoms with Crippen LogP contribution in [0.25, 0.3) is 0 Å². The van der Waals surface area contributed by atoms with Crippen molar-refractivity contribution in [3.05, 3.63) is 0 Å². The quantitative estimate of drug-likeness (QED) is 0.647. The number of nitrogens with one attached hydrogen (secondary N) is 1. The summed E-state index contributed by atoms with van der Waals surface area (Å²) in [5, 5.41) is 3.31. The summed E-state index contributed by atoms with van der Waals surface area (Å²) in [6, 6.07) is -0.120. The Balaban J connectivity index is 2.38. The minimum absolute atomic E-state index is 0.120. The van der Waals surface area contributed by atoms with Gasteiger partial charge in [0, 0.05) is 0 Å². The van der Waals surface area contributed by atoms with Gasteiger partial charge in [0.1, 0.15) is 0 Å². The summed E-state index contributed by atoms with van der Waals surface area (Å²) in [6.45, 7) is 5.19. The molecular weight excluding hydrogens is 176 g/mol. The molecule has 1 rings (SSSR count). The zero-order chi connectivity index (χ0) is 10.6. The zero-order valence-electron chi connectivity index (χ0n) is 9.25. The van der Waals surface area contributed by atoms with Crippen molar-refractivity contribution in [3.63, 3.8) is 0 Å². The molecule has 3 nitrogen and oxygen atoms in total. The molecule has 0 bridgehead atoms. The number of nitrogens with two attached hydrogens (primary N) is 1. The molecule has 1 saturated carbocycles. The predicted octanol–water partition coefficient (Wildman–Crippen LogP) is 1.28. The third-order valence-corrected chi connectivity index (χ3v) is 3.15. The lowest BCUT2D eigenvalue weighted by molar-refractivity contribution is -0.121. The van der Waals surface area contributed by atoms with Gasteiger partial charge in [0.2, 0.25) is 5.91 Å². The van der Waals surface area contributed by atoms with Crippen LogP contribution in [0.15, 0.2) is 0 Å². The van der Waals surface area contributed by atoms with Crippen molar-refractivity contribution in [1.29, 1.82) is 0 Å². The van der Waals surface area contributed by atoms with Crippen molar-refractivity contribution in [2.45, 2.75) is 45.6 Å². The molecule has 3 N–H and O–H groups in total. The first-order valence-corrected chi connectivity index (χ1v) is 5.71. The van der Waals surface area contributed by atoms with Gasteiger partial charge < -0.3 is 11.1 Å². The number of amides is 1. The number of rotatable bonds is 7. The van der Waals surface area contributed by atoms with E-state index in [1.807, 2.05) is 0 Å². The van der Waals surface area contributed by atoms with Gasteiger partial charge in [-0.15, -0.1) is 0 Å².